The van der Waals surface area contributed by atoms with Gasteiger partial charge in [0, 0.05) is 19.4 Å². The number of aliphatic carboxylic acids is 1. The number of carbonyl (C=O) groups is 2. The van der Waals surface area contributed by atoms with Gasteiger partial charge in [-0.3, -0.25) is 9.59 Å². The second kappa shape index (κ2) is 11.7. The molecule has 2 unspecified atom stereocenters. The van der Waals surface area contributed by atoms with Crippen LogP contribution >= 0.6 is 0 Å². The summed E-state index contributed by atoms with van der Waals surface area (Å²) in [5.41, 5.74) is 0. The molecule has 0 aliphatic carbocycles. The van der Waals surface area contributed by atoms with Crippen molar-refractivity contribution < 1.29 is 28.9 Å². The average molecular weight is 290 g/mol. The lowest BCUT2D eigenvalue weighted by Crippen LogP contribution is -2.25. The molecule has 0 bridgehead atoms. The number of rotatable bonds is 12. The van der Waals surface area contributed by atoms with Gasteiger partial charge in [0.05, 0.1) is 0 Å². The molecule has 0 aliphatic heterocycles. The molecule has 0 saturated carbocycles. The van der Waals surface area contributed by atoms with Crippen molar-refractivity contribution in [3.63, 3.8) is 0 Å². The molecule has 118 valence electrons. The van der Waals surface area contributed by atoms with Crippen molar-refractivity contribution in [3.05, 3.63) is 0 Å². The summed E-state index contributed by atoms with van der Waals surface area (Å²) in [5, 5.41) is 8.46. The fourth-order valence-electron chi connectivity index (χ4n) is 1.52. The number of carboxylic acids is 1. The van der Waals surface area contributed by atoms with E-state index in [0.717, 1.165) is 12.8 Å². The first kappa shape index (κ1) is 18.9. The summed E-state index contributed by atoms with van der Waals surface area (Å²) in [5.74, 6) is -1.24. The van der Waals surface area contributed by atoms with Crippen molar-refractivity contribution in [1.29, 1.82) is 0 Å². The lowest BCUT2D eigenvalue weighted by Gasteiger charge is -2.19. The Kier molecular flexibility index (Phi) is 11.0. The highest BCUT2D eigenvalue weighted by atomic mass is 16.8. The van der Waals surface area contributed by atoms with Crippen LogP contribution in [0.4, 0.5) is 0 Å². The van der Waals surface area contributed by atoms with Crippen LogP contribution in [-0.4, -0.2) is 36.2 Å². The van der Waals surface area contributed by atoms with Crippen LogP contribution in [0.25, 0.3) is 0 Å². The smallest absolute Gasteiger partial charge is 0.308 e. The maximum absolute atomic E-state index is 11.4. The summed E-state index contributed by atoms with van der Waals surface area (Å²) in [6.07, 6.45) is 2.17. The summed E-state index contributed by atoms with van der Waals surface area (Å²) in [6.45, 7) is 6.08. The van der Waals surface area contributed by atoms with Gasteiger partial charge in [-0.2, -0.15) is 0 Å². The van der Waals surface area contributed by atoms with Gasteiger partial charge in [0.1, 0.15) is 0 Å². The number of hydrogen-bond acceptors (Lipinski definition) is 5. The normalized spacial score (nSPS) is 13.8. The van der Waals surface area contributed by atoms with Crippen molar-refractivity contribution in [1.82, 2.24) is 0 Å². The van der Waals surface area contributed by atoms with E-state index in [0.29, 0.717) is 19.4 Å². The molecule has 0 amide bonds. The molecule has 0 aromatic heterocycles. The summed E-state index contributed by atoms with van der Waals surface area (Å²) in [4.78, 5) is 21.8. The molecule has 0 fully saturated rings. The van der Waals surface area contributed by atoms with Crippen LogP contribution in [-0.2, 0) is 23.8 Å². The number of unbranched alkanes of at least 4 members (excludes halogenated alkanes) is 2. The molecule has 0 heterocycles. The minimum absolute atomic E-state index is 0.0711. The molecule has 0 aromatic carbocycles. The molecular formula is C14H26O6. The summed E-state index contributed by atoms with van der Waals surface area (Å²) < 4.78 is 15.8. The largest absolute Gasteiger partial charge is 0.481 e. The van der Waals surface area contributed by atoms with E-state index in [9.17, 15) is 9.59 Å². The van der Waals surface area contributed by atoms with Crippen molar-refractivity contribution >= 4 is 11.9 Å². The third-order valence-corrected chi connectivity index (χ3v) is 2.55. The monoisotopic (exact) mass is 290 g/mol. The Morgan fingerprint density at radius 2 is 1.70 bits per heavy atom. The first-order valence-corrected chi connectivity index (χ1v) is 7.14. The molecule has 1 N–H and O–H groups in total. The predicted octanol–water partition coefficient (Wildman–Crippen LogP) is 2.70. The summed E-state index contributed by atoms with van der Waals surface area (Å²) in [6, 6.07) is 0. The molecule has 0 spiro atoms. The molecule has 6 heteroatoms. The second-order valence-corrected chi connectivity index (χ2v) is 4.59. The summed E-state index contributed by atoms with van der Waals surface area (Å²) in [7, 11) is 0. The Morgan fingerprint density at radius 1 is 1.05 bits per heavy atom. The maximum Gasteiger partial charge on any atom is 0.308 e. The van der Waals surface area contributed by atoms with Gasteiger partial charge in [-0.05, 0) is 33.1 Å². The molecule has 0 radical (unpaired) electrons. The van der Waals surface area contributed by atoms with Crippen LogP contribution in [0.5, 0.6) is 0 Å². The van der Waals surface area contributed by atoms with Crippen LogP contribution in [0.2, 0.25) is 0 Å². The Morgan fingerprint density at radius 3 is 2.30 bits per heavy atom. The Balaban J connectivity index is 3.65. The van der Waals surface area contributed by atoms with Crippen molar-refractivity contribution in [2.75, 3.05) is 6.61 Å². The number of esters is 1. The highest BCUT2D eigenvalue weighted by molar-refractivity contribution is 5.69. The van der Waals surface area contributed by atoms with Gasteiger partial charge < -0.3 is 19.3 Å². The fourth-order valence-corrected chi connectivity index (χ4v) is 1.52. The van der Waals surface area contributed by atoms with Gasteiger partial charge >= 0.3 is 11.9 Å². The molecule has 0 rings (SSSR count). The van der Waals surface area contributed by atoms with E-state index in [2.05, 4.69) is 6.92 Å². The van der Waals surface area contributed by atoms with Crippen LogP contribution < -0.4 is 0 Å². The fraction of sp³-hybridized carbons (Fsp3) is 0.857. The van der Waals surface area contributed by atoms with E-state index in [-0.39, 0.29) is 18.8 Å². The van der Waals surface area contributed by atoms with Crippen LogP contribution in [0, 0.1) is 0 Å². The minimum Gasteiger partial charge on any atom is -0.481 e. The van der Waals surface area contributed by atoms with E-state index in [1.807, 2.05) is 0 Å². The number of hydrogen-bond donors (Lipinski definition) is 1. The third-order valence-electron chi connectivity index (χ3n) is 2.55. The Labute approximate surface area is 120 Å². The maximum atomic E-state index is 11.4. The SMILES string of the molecule is CCCCOC(C)OC(C)OC(=O)CCCCC(=O)O. The van der Waals surface area contributed by atoms with E-state index >= 15 is 0 Å². The van der Waals surface area contributed by atoms with Crippen LogP contribution in [0.1, 0.15) is 59.3 Å². The molecular weight excluding hydrogens is 264 g/mol. The third kappa shape index (κ3) is 11.9. The first-order valence-electron chi connectivity index (χ1n) is 7.14. The number of ether oxygens (including phenoxy) is 3. The van der Waals surface area contributed by atoms with Crippen LogP contribution in [0.3, 0.4) is 0 Å². The van der Waals surface area contributed by atoms with Gasteiger partial charge in [-0.15, -0.1) is 0 Å². The predicted molar refractivity (Wildman–Crippen MR) is 73.1 cm³/mol. The van der Waals surface area contributed by atoms with E-state index < -0.39 is 18.5 Å². The molecule has 0 aromatic rings. The van der Waals surface area contributed by atoms with E-state index in [1.54, 1.807) is 13.8 Å². The molecule has 2 atom stereocenters. The molecule has 0 aliphatic rings. The zero-order valence-electron chi connectivity index (χ0n) is 12.6. The lowest BCUT2D eigenvalue weighted by atomic mass is 10.2. The number of carbonyl (C=O) groups excluding carboxylic acids is 1. The first-order chi connectivity index (χ1) is 9.45. The minimum atomic E-state index is -0.854. The number of carboxylic acid groups (broad SMARTS) is 1. The second-order valence-electron chi connectivity index (χ2n) is 4.59. The van der Waals surface area contributed by atoms with Gasteiger partial charge in [-0.25, -0.2) is 0 Å². The van der Waals surface area contributed by atoms with Crippen molar-refractivity contribution in [3.8, 4) is 0 Å². The van der Waals surface area contributed by atoms with Gasteiger partial charge in [0.2, 0.25) is 6.29 Å². The zero-order valence-corrected chi connectivity index (χ0v) is 12.6. The van der Waals surface area contributed by atoms with Crippen molar-refractivity contribution in [2.45, 2.75) is 71.9 Å². The van der Waals surface area contributed by atoms with E-state index in [4.69, 9.17) is 19.3 Å². The Hall–Kier alpha value is -1.14. The van der Waals surface area contributed by atoms with E-state index in [1.165, 1.54) is 0 Å². The van der Waals surface area contributed by atoms with Gasteiger partial charge in [0.25, 0.3) is 0 Å². The van der Waals surface area contributed by atoms with Crippen molar-refractivity contribution in [2.24, 2.45) is 0 Å². The standard InChI is InChI=1S/C14H26O6/c1-4-5-10-18-11(2)19-12(3)20-14(17)9-7-6-8-13(15)16/h11-12H,4-10H2,1-3H3,(H,15,16). The van der Waals surface area contributed by atoms with Gasteiger partial charge in [-0.1, -0.05) is 13.3 Å². The molecule has 0 saturated heterocycles. The van der Waals surface area contributed by atoms with Crippen LogP contribution in [0.15, 0.2) is 0 Å². The topological polar surface area (TPSA) is 82.1 Å². The quantitative estimate of drug-likeness (QED) is 0.338. The van der Waals surface area contributed by atoms with Gasteiger partial charge in [0.15, 0.2) is 6.29 Å². The molecule has 6 nitrogen and oxygen atoms in total. The summed E-state index contributed by atoms with van der Waals surface area (Å²) >= 11 is 0. The lowest BCUT2D eigenvalue weighted by molar-refractivity contribution is -0.229. The highest BCUT2D eigenvalue weighted by Crippen LogP contribution is 2.07. The zero-order chi connectivity index (χ0) is 15.4. The molecule has 20 heavy (non-hydrogen) atoms. The Bertz CT molecular complexity index is 279. The highest BCUT2D eigenvalue weighted by Gasteiger charge is 2.13. The average Bonchev–Trinajstić information content (AvgIpc) is 2.34.